The molecule has 4 heteroatoms. The monoisotopic (exact) mass is 307 g/mol. The molecule has 1 aromatic carbocycles. The third-order valence-corrected chi connectivity index (χ3v) is 3.51. The topological polar surface area (TPSA) is 29.9 Å². The predicted octanol–water partition coefficient (Wildman–Crippen LogP) is 3.92. The summed E-state index contributed by atoms with van der Waals surface area (Å²) in [5, 5.41) is 7.96. The van der Waals surface area contributed by atoms with Gasteiger partial charge in [-0.15, -0.1) is 0 Å². The molecule has 0 fully saturated rings. The third-order valence-electron chi connectivity index (χ3n) is 2.98. The maximum atomic E-state index is 4.44. The van der Waals surface area contributed by atoms with Crippen LogP contribution >= 0.6 is 15.9 Å². The Hall–Kier alpha value is -1.29. The Labute approximate surface area is 116 Å². The maximum Gasteiger partial charge on any atom is 0.0853 e. The molecule has 0 radical (unpaired) electrons. The van der Waals surface area contributed by atoms with Crippen molar-refractivity contribution in [2.75, 3.05) is 5.32 Å². The molecule has 1 heterocycles. The van der Waals surface area contributed by atoms with E-state index >= 15 is 0 Å². The van der Waals surface area contributed by atoms with Crippen molar-refractivity contribution in [1.82, 2.24) is 9.78 Å². The van der Waals surface area contributed by atoms with Gasteiger partial charge >= 0.3 is 0 Å². The van der Waals surface area contributed by atoms with Crippen LogP contribution in [0.1, 0.15) is 31.1 Å². The highest BCUT2D eigenvalue weighted by Gasteiger charge is 2.10. The molecule has 96 valence electrons. The zero-order valence-corrected chi connectivity index (χ0v) is 12.5. The average Bonchev–Trinajstić information content (AvgIpc) is 2.70. The number of rotatable bonds is 4. The number of aromatic nitrogens is 2. The number of nitrogens with zero attached hydrogens (tertiary/aromatic N) is 2. The van der Waals surface area contributed by atoms with Crippen LogP contribution in [-0.4, -0.2) is 9.78 Å². The van der Waals surface area contributed by atoms with E-state index in [1.165, 1.54) is 5.56 Å². The van der Waals surface area contributed by atoms with Crippen molar-refractivity contribution in [2.45, 2.75) is 26.3 Å². The van der Waals surface area contributed by atoms with Gasteiger partial charge in [-0.3, -0.25) is 4.68 Å². The van der Waals surface area contributed by atoms with E-state index in [2.05, 4.69) is 64.5 Å². The lowest BCUT2D eigenvalue weighted by Crippen LogP contribution is -2.07. The molecule has 0 bridgehead atoms. The summed E-state index contributed by atoms with van der Waals surface area (Å²) in [7, 11) is 1.95. The first-order valence-corrected chi connectivity index (χ1v) is 6.94. The van der Waals surface area contributed by atoms with Gasteiger partial charge in [0, 0.05) is 23.8 Å². The summed E-state index contributed by atoms with van der Waals surface area (Å²) in [6.45, 7) is 4.29. The van der Waals surface area contributed by atoms with E-state index in [9.17, 15) is 0 Å². The minimum atomic E-state index is 0.271. The highest BCUT2D eigenvalue weighted by atomic mass is 79.9. The molecule has 0 aliphatic heterocycles. The van der Waals surface area contributed by atoms with Crippen LogP contribution in [0.25, 0.3) is 0 Å². The third kappa shape index (κ3) is 2.93. The molecule has 0 aliphatic rings. The van der Waals surface area contributed by atoms with Gasteiger partial charge in [-0.25, -0.2) is 0 Å². The summed E-state index contributed by atoms with van der Waals surface area (Å²) in [6, 6.07) is 8.66. The van der Waals surface area contributed by atoms with E-state index in [0.717, 1.165) is 22.3 Å². The molecule has 3 nitrogen and oxygen atoms in total. The van der Waals surface area contributed by atoms with Crippen molar-refractivity contribution in [3.05, 3.63) is 46.2 Å². The van der Waals surface area contributed by atoms with Crippen LogP contribution in [0.4, 0.5) is 5.69 Å². The van der Waals surface area contributed by atoms with Crippen molar-refractivity contribution in [3.63, 3.8) is 0 Å². The van der Waals surface area contributed by atoms with Crippen LogP contribution in [0.5, 0.6) is 0 Å². The molecule has 0 saturated heterocycles. The molecule has 0 saturated carbocycles. The minimum absolute atomic E-state index is 0.271. The molecular formula is C14H18BrN3. The summed E-state index contributed by atoms with van der Waals surface area (Å²) in [5.74, 6) is 0. The number of hydrogen-bond acceptors (Lipinski definition) is 2. The molecule has 1 atom stereocenters. The Bertz CT molecular complexity index is 516. The molecule has 1 aromatic heterocycles. The zero-order valence-electron chi connectivity index (χ0n) is 10.9. The lowest BCUT2D eigenvalue weighted by molar-refractivity contribution is 0.746. The second-order valence-corrected chi connectivity index (χ2v) is 5.35. The van der Waals surface area contributed by atoms with Gasteiger partial charge in [0.15, 0.2) is 0 Å². The van der Waals surface area contributed by atoms with Crippen LogP contribution in [-0.2, 0) is 13.5 Å². The van der Waals surface area contributed by atoms with Crippen molar-refractivity contribution in [2.24, 2.45) is 7.05 Å². The summed E-state index contributed by atoms with van der Waals surface area (Å²) in [4.78, 5) is 0. The first-order chi connectivity index (χ1) is 8.60. The Balaban J connectivity index is 2.15. The summed E-state index contributed by atoms with van der Waals surface area (Å²) < 4.78 is 2.96. The van der Waals surface area contributed by atoms with Gasteiger partial charge < -0.3 is 5.32 Å². The Morgan fingerprint density at radius 3 is 2.61 bits per heavy atom. The summed E-state index contributed by atoms with van der Waals surface area (Å²) >= 11 is 3.45. The fourth-order valence-electron chi connectivity index (χ4n) is 1.98. The second-order valence-electron chi connectivity index (χ2n) is 4.43. The molecule has 18 heavy (non-hydrogen) atoms. The van der Waals surface area contributed by atoms with Gasteiger partial charge in [-0.2, -0.15) is 5.10 Å². The van der Waals surface area contributed by atoms with Gasteiger partial charge in [-0.05, 0) is 31.0 Å². The van der Waals surface area contributed by atoms with Gasteiger partial charge in [-0.1, -0.05) is 35.0 Å². The van der Waals surface area contributed by atoms with E-state index < -0.39 is 0 Å². The highest BCUT2D eigenvalue weighted by Crippen LogP contribution is 2.23. The molecule has 2 rings (SSSR count). The van der Waals surface area contributed by atoms with Crippen molar-refractivity contribution in [1.29, 1.82) is 0 Å². The van der Waals surface area contributed by atoms with Gasteiger partial charge in [0.2, 0.25) is 0 Å². The molecule has 1 N–H and O–H groups in total. The van der Waals surface area contributed by atoms with Gasteiger partial charge in [0.1, 0.15) is 0 Å². The van der Waals surface area contributed by atoms with Crippen LogP contribution in [0.3, 0.4) is 0 Å². The normalized spacial score (nSPS) is 12.4. The number of aryl methyl sites for hydroxylation is 2. The van der Waals surface area contributed by atoms with Gasteiger partial charge in [0.25, 0.3) is 0 Å². The SMILES string of the molecule is CCc1nn(C)cc1NC(C)c1ccc(Br)cc1. The Kier molecular flexibility index (Phi) is 4.07. The van der Waals surface area contributed by atoms with Crippen LogP contribution in [0.15, 0.2) is 34.9 Å². The lowest BCUT2D eigenvalue weighted by Gasteiger charge is -2.15. The zero-order chi connectivity index (χ0) is 13.1. The summed E-state index contributed by atoms with van der Waals surface area (Å²) in [6.07, 6.45) is 2.98. The molecule has 0 amide bonds. The number of hydrogen-bond donors (Lipinski definition) is 1. The Morgan fingerprint density at radius 1 is 1.33 bits per heavy atom. The van der Waals surface area contributed by atoms with E-state index in [4.69, 9.17) is 0 Å². The van der Waals surface area contributed by atoms with Crippen LogP contribution < -0.4 is 5.32 Å². The molecule has 1 unspecified atom stereocenters. The molecule has 0 spiro atoms. The predicted molar refractivity (Wildman–Crippen MR) is 78.8 cm³/mol. The lowest BCUT2D eigenvalue weighted by atomic mass is 10.1. The summed E-state index contributed by atoms with van der Waals surface area (Å²) in [5.41, 5.74) is 3.50. The highest BCUT2D eigenvalue weighted by molar-refractivity contribution is 9.10. The number of benzene rings is 1. The van der Waals surface area contributed by atoms with Gasteiger partial charge in [0.05, 0.1) is 11.4 Å². The van der Waals surface area contributed by atoms with Crippen LogP contribution in [0, 0.1) is 0 Å². The average molecular weight is 308 g/mol. The minimum Gasteiger partial charge on any atom is -0.376 e. The number of halogens is 1. The van der Waals surface area contributed by atoms with E-state index in [-0.39, 0.29) is 6.04 Å². The first kappa shape index (κ1) is 13.1. The number of anilines is 1. The quantitative estimate of drug-likeness (QED) is 0.928. The maximum absolute atomic E-state index is 4.44. The fraction of sp³-hybridized carbons (Fsp3) is 0.357. The second kappa shape index (κ2) is 5.57. The Morgan fingerprint density at radius 2 is 2.00 bits per heavy atom. The number of nitrogens with one attached hydrogen (secondary N) is 1. The first-order valence-electron chi connectivity index (χ1n) is 6.14. The largest absolute Gasteiger partial charge is 0.376 e. The fourth-order valence-corrected chi connectivity index (χ4v) is 2.25. The van der Waals surface area contributed by atoms with Crippen LogP contribution in [0.2, 0.25) is 0 Å². The standard InChI is InChI=1S/C14H18BrN3/c1-4-13-14(9-18(3)17-13)16-10(2)11-5-7-12(15)8-6-11/h5-10,16H,4H2,1-3H3. The van der Waals surface area contributed by atoms with E-state index in [0.29, 0.717) is 0 Å². The van der Waals surface area contributed by atoms with Crippen molar-refractivity contribution < 1.29 is 0 Å². The van der Waals surface area contributed by atoms with Crippen molar-refractivity contribution >= 4 is 21.6 Å². The van der Waals surface area contributed by atoms with E-state index in [1.54, 1.807) is 0 Å². The molecule has 2 aromatic rings. The van der Waals surface area contributed by atoms with E-state index in [1.807, 2.05) is 17.9 Å². The molecule has 0 aliphatic carbocycles. The van der Waals surface area contributed by atoms with Crippen molar-refractivity contribution in [3.8, 4) is 0 Å². The smallest absolute Gasteiger partial charge is 0.0853 e. The molecular weight excluding hydrogens is 290 g/mol.